The molecule has 106 valence electrons. The van der Waals surface area contributed by atoms with E-state index in [4.69, 9.17) is 10.5 Å². The average molecular weight is 264 g/mol. The van der Waals surface area contributed by atoms with Crippen molar-refractivity contribution in [2.24, 2.45) is 5.73 Å². The molecule has 1 amide bonds. The van der Waals surface area contributed by atoms with Gasteiger partial charge in [0.25, 0.3) is 0 Å². The van der Waals surface area contributed by atoms with Crippen molar-refractivity contribution in [1.29, 1.82) is 0 Å². The molecule has 1 rings (SSSR count). The summed E-state index contributed by atoms with van der Waals surface area (Å²) in [4.78, 5) is 11.9. The van der Waals surface area contributed by atoms with Crippen molar-refractivity contribution in [3.63, 3.8) is 0 Å². The lowest BCUT2D eigenvalue weighted by Gasteiger charge is -2.30. The van der Waals surface area contributed by atoms with E-state index >= 15 is 0 Å². The summed E-state index contributed by atoms with van der Waals surface area (Å²) >= 11 is 0. The van der Waals surface area contributed by atoms with E-state index in [1.54, 1.807) is 7.05 Å². The molecule has 0 saturated carbocycles. The molecule has 0 bridgehead atoms. The van der Waals surface area contributed by atoms with Crippen LogP contribution >= 0.6 is 0 Å². The van der Waals surface area contributed by atoms with Crippen LogP contribution in [-0.2, 0) is 15.1 Å². The topological polar surface area (TPSA) is 64.3 Å². The number of unbranched alkanes of at least 4 members (excludes halogenated alkanes) is 2. The minimum Gasteiger partial charge on any atom is -0.379 e. The Hall–Kier alpha value is -1.39. The number of rotatable bonds is 9. The quantitative estimate of drug-likeness (QED) is 0.668. The second-order valence-corrected chi connectivity index (χ2v) is 4.65. The lowest BCUT2D eigenvalue weighted by atomic mass is 9.90. The molecule has 19 heavy (non-hydrogen) atoms. The number of primary amides is 1. The zero-order valence-corrected chi connectivity index (χ0v) is 11.8. The van der Waals surface area contributed by atoms with Gasteiger partial charge in [-0.25, -0.2) is 0 Å². The van der Waals surface area contributed by atoms with E-state index in [0.717, 1.165) is 24.8 Å². The van der Waals surface area contributed by atoms with Crippen LogP contribution in [0, 0.1) is 0 Å². The highest BCUT2D eigenvalue weighted by molar-refractivity contribution is 5.86. The van der Waals surface area contributed by atoms with Crippen LogP contribution < -0.4 is 11.1 Å². The Kier molecular flexibility index (Phi) is 6.53. The van der Waals surface area contributed by atoms with Gasteiger partial charge in [-0.05, 0) is 19.0 Å². The summed E-state index contributed by atoms with van der Waals surface area (Å²) in [5.41, 5.74) is 5.46. The monoisotopic (exact) mass is 264 g/mol. The lowest BCUT2D eigenvalue weighted by molar-refractivity contribution is -0.127. The third-order valence-corrected chi connectivity index (χ3v) is 3.32. The Bertz CT molecular complexity index is 381. The molecule has 0 aliphatic heterocycles. The highest BCUT2D eigenvalue weighted by atomic mass is 16.5. The third-order valence-electron chi connectivity index (χ3n) is 3.32. The maximum Gasteiger partial charge on any atom is 0.244 e. The molecule has 3 N–H and O–H groups in total. The minimum atomic E-state index is -0.951. The summed E-state index contributed by atoms with van der Waals surface area (Å²) in [6.07, 6.45) is 3.29. The van der Waals surface area contributed by atoms with Gasteiger partial charge in [0.15, 0.2) is 0 Å². The van der Waals surface area contributed by atoms with Gasteiger partial charge in [0.1, 0.15) is 5.54 Å². The van der Waals surface area contributed by atoms with Crippen LogP contribution in [0.1, 0.15) is 31.7 Å². The van der Waals surface area contributed by atoms with Gasteiger partial charge in [0.2, 0.25) is 5.91 Å². The van der Waals surface area contributed by atoms with Crippen LogP contribution in [0.15, 0.2) is 30.3 Å². The number of ether oxygens (including phenoxy) is 1. The molecule has 1 aromatic carbocycles. The van der Waals surface area contributed by atoms with Crippen molar-refractivity contribution in [1.82, 2.24) is 5.32 Å². The number of nitrogens with two attached hydrogens (primary N) is 1. The highest BCUT2D eigenvalue weighted by Gasteiger charge is 2.37. The maximum atomic E-state index is 11.9. The van der Waals surface area contributed by atoms with Crippen molar-refractivity contribution in [2.45, 2.75) is 31.7 Å². The van der Waals surface area contributed by atoms with Crippen molar-refractivity contribution in [3.8, 4) is 0 Å². The average Bonchev–Trinajstić information content (AvgIpc) is 2.44. The fourth-order valence-electron chi connectivity index (χ4n) is 2.04. The summed E-state index contributed by atoms with van der Waals surface area (Å²) in [6.45, 7) is 3.05. The molecule has 0 radical (unpaired) electrons. The predicted molar refractivity (Wildman–Crippen MR) is 76.7 cm³/mol. The second kappa shape index (κ2) is 7.92. The first-order chi connectivity index (χ1) is 9.17. The fourth-order valence-corrected chi connectivity index (χ4v) is 2.04. The van der Waals surface area contributed by atoms with E-state index < -0.39 is 11.4 Å². The molecule has 4 nitrogen and oxygen atoms in total. The van der Waals surface area contributed by atoms with Gasteiger partial charge in [-0.1, -0.05) is 50.1 Å². The summed E-state index contributed by atoms with van der Waals surface area (Å²) in [5.74, 6) is -0.420. The molecule has 0 spiro atoms. The molecule has 0 saturated heterocycles. The van der Waals surface area contributed by atoms with Gasteiger partial charge in [-0.3, -0.25) is 4.79 Å². The molecular weight excluding hydrogens is 240 g/mol. The second-order valence-electron chi connectivity index (χ2n) is 4.65. The number of benzene rings is 1. The summed E-state index contributed by atoms with van der Waals surface area (Å²) in [7, 11) is 1.73. The van der Waals surface area contributed by atoms with Crippen molar-refractivity contribution >= 4 is 5.91 Å². The van der Waals surface area contributed by atoms with E-state index in [0.29, 0.717) is 6.61 Å². The molecule has 0 aromatic heterocycles. The third kappa shape index (κ3) is 4.04. The largest absolute Gasteiger partial charge is 0.379 e. The smallest absolute Gasteiger partial charge is 0.244 e. The summed E-state index contributed by atoms with van der Waals surface area (Å²) < 4.78 is 5.64. The first kappa shape index (κ1) is 15.7. The zero-order chi connectivity index (χ0) is 14.1. The van der Waals surface area contributed by atoms with Crippen LogP contribution in [0.4, 0.5) is 0 Å². The van der Waals surface area contributed by atoms with E-state index in [1.807, 2.05) is 30.3 Å². The van der Waals surface area contributed by atoms with Crippen LogP contribution in [0.25, 0.3) is 0 Å². The number of carbonyl (C=O) groups excluding carboxylic acids is 1. The summed E-state index contributed by atoms with van der Waals surface area (Å²) in [6, 6.07) is 9.46. The van der Waals surface area contributed by atoms with Gasteiger partial charge in [-0.15, -0.1) is 0 Å². The lowest BCUT2D eigenvalue weighted by Crippen LogP contribution is -2.54. The number of hydrogen-bond donors (Lipinski definition) is 2. The molecule has 0 aliphatic rings. The van der Waals surface area contributed by atoms with E-state index in [9.17, 15) is 4.79 Å². The molecule has 4 heteroatoms. The van der Waals surface area contributed by atoms with E-state index in [1.165, 1.54) is 0 Å². The van der Waals surface area contributed by atoms with Gasteiger partial charge in [0.05, 0.1) is 6.61 Å². The van der Waals surface area contributed by atoms with E-state index in [-0.39, 0.29) is 6.61 Å². The number of amides is 1. The van der Waals surface area contributed by atoms with E-state index in [2.05, 4.69) is 12.2 Å². The first-order valence-corrected chi connectivity index (χ1v) is 6.79. The number of likely N-dealkylation sites (N-methyl/N-ethyl adjacent to an activating group) is 1. The first-order valence-electron chi connectivity index (χ1n) is 6.79. The number of nitrogens with one attached hydrogen (secondary N) is 1. The van der Waals surface area contributed by atoms with Gasteiger partial charge >= 0.3 is 0 Å². The van der Waals surface area contributed by atoms with Crippen molar-refractivity contribution < 1.29 is 9.53 Å². The SMILES string of the molecule is CCCCCOCC(NC)(C(N)=O)c1ccccc1. The standard InChI is InChI=1S/C15H24N2O2/c1-3-4-8-11-19-12-15(17-2,14(16)18)13-9-6-5-7-10-13/h5-7,9-10,17H,3-4,8,11-12H2,1-2H3,(H2,16,18). The molecule has 1 atom stereocenters. The molecule has 1 aromatic rings. The van der Waals surface area contributed by atoms with Crippen LogP contribution in [0.3, 0.4) is 0 Å². The molecule has 1 unspecified atom stereocenters. The Balaban J connectivity index is 2.74. The Morgan fingerprint density at radius 3 is 2.53 bits per heavy atom. The highest BCUT2D eigenvalue weighted by Crippen LogP contribution is 2.21. The van der Waals surface area contributed by atoms with Crippen molar-refractivity contribution in [3.05, 3.63) is 35.9 Å². The zero-order valence-electron chi connectivity index (χ0n) is 11.8. The molecule has 0 fully saturated rings. The number of carbonyl (C=O) groups is 1. The normalized spacial score (nSPS) is 14.0. The van der Waals surface area contributed by atoms with Crippen molar-refractivity contribution in [2.75, 3.05) is 20.3 Å². The molecular formula is C15H24N2O2. The van der Waals surface area contributed by atoms with Crippen LogP contribution in [0.5, 0.6) is 0 Å². The van der Waals surface area contributed by atoms with Crippen LogP contribution in [0.2, 0.25) is 0 Å². The fraction of sp³-hybridized carbons (Fsp3) is 0.533. The minimum absolute atomic E-state index is 0.257. The molecule has 0 heterocycles. The summed E-state index contributed by atoms with van der Waals surface area (Å²) in [5, 5.41) is 3.02. The molecule has 0 aliphatic carbocycles. The Morgan fingerprint density at radius 2 is 2.00 bits per heavy atom. The predicted octanol–water partition coefficient (Wildman–Crippen LogP) is 1.79. The van der Waals surface area contributed by atoms with Gasteiger partial charge in [-0.2, -0.15) is 0 Å². The Morgan fingerprint density at radius 1 is 1.32 bits per heavy atom. The van der Waals surface area contributed by atoms with Gasteiger partial charge in [0, 0.05) is 6.61 Å². The van der Waals surface area contributed by atoms with Crippen LogP contribution in [-0.4, -0.2) is 26.2 Å². The maximum absolute atomic E-state index is 11.9. The Labute approximate surface area is 115 Å². The number of hydrogen-bond acceptors (Lipinski definition) is 3. The van der Waals surface area contributed by atoms with Gasteiger partial charge < -0.3 is 15.8 Å².